The van der Waals surface area contributed by atoms with Crippen LogP contribution < -0.4 is 0 Å². The van der Waals surface area contributed by atoms with E-state index in [-0.39, 0.29) is 59.8 Å². The largest absolute Gasteiger partial charge is 0.510 e. The number of nitrogens with zero attached hydrogens (tertiary/aromatic N) is 8. The molecule has 0 amide bonds. The van der Waals surface area contributed by atoms with Gasteiger partial charge < -0.3 is 28.4 Å². The Labute approximate surface area is 452 Å². The SMILES string of the molecule is C[C@@H](S[C@H]1CO[C@H](/C=C/C=C/c2ccc(C#N)cc2F)OC1)[C@@](Cn1cncn1)(OC(=O)O[C@@](Cn1cncn1)(c1ccc(F)cc1F)[C@@H](C)S[C@H]1CO[C@H](/C=C/C=C/c2ccc(C#N)cc2F)OC1)c1ccc(F)cc1F. The molecule has 0 spiro atoms. The van der Waals surface area contributed by atoms with Gasteiger partial charge in [0, 0.05) is 44.9 Å². The van der Waals surface area contributed by atoms with Gasteiger partial charge in [0.1, 0.15) is 60.2 Å². The molecule has 4 atom stereocenters. The van der Waals surface area contributed by atoms with Crippen molar-refractivity contribution >= 4 is 41.8 Å². The highest BCUT2D eigenvalue weighted by Crippen LogP contribution is 2.46. The Morgan fingerprint density at radius 1 is 0.628 bits per heavy atom. The lowest BCUT2D eigenvalue weighted by Gasteiger charge is -2.43. The van der Waals surface area contributed by atoms with Crippen molar-refractivity contribution < 1.29 is 59.6 Å². The van der Waals surface area contributed by atoms with E-state index in [0.717, 1.165) is 36.4 Å². The zero-order valence-corrected chi connectivity index (χ0v) is 43.2. The summed E-state index contributed by atoms with van der Waals surface area (Å²) in [6, 6.07) is 17.5. The van der Waals surface area contributed by atoms with Gasteiger partial charge in [0.15, 0.2) is 23.8 Å². The molecule has 0 radical (unpaired) electrons. The number of ether oxygens (including phenoxy) is 6. The van der Waals surface area contributed by atoms with Gasteiger partial charge >= 0.3 is 6.16 Å². The molecule has 23 heteroatoms. The van der Waals surface area contributed by atoms with E-state index in [1.54, 1.807) is 50.3 Å². The lowest BCUT2D eigenvalue weighted by atomic mass is 9.89. The topological polar surface area (TPSA) is 181 Å². The predicted molar refractivity (Wildman–Crippen MR) is 275 cm³/mol. The molecule has 2 saturated heterocycles. The van der Waals surface area contributed by atoms with Crippen molar-refractivity contribution in [3.63, 3.8) is 0 Å². The van der Waals surface area contributed by atoms with Crippen molar-refractivity contribution in [1.82, 2.24) is 29.5 Å². The van der Waals surface area contributed by atoms with Crippen molar-refractivity contribution in [3.8, 4) is 12.1 Å². The molecular formula is C55H48F6N8O7S2. The Morgan fingerprint density at radius 2 is 1.04 bits per heavy atom. The Morgan fingerprint density at radius 3 is 1.38 bits per heavy atom. The third kappa shape index (κ3) is 14.1. The Hall–Kier alpha value is -7.51. The number of aromatic nitrogens is 6. The summed E-state index contributed by atoms with van der Waals surface area (Å²) in [5, 5.41) is 23.7. The van der Waals surface area contributed by atoms with E-state index >= 15 is 13.6 Å². The van der Waals surface area contributed by atoms with Crippen molar-refractivity contribution in [2.45, 2.75) is 71.7 Å². The summed E-state index contributed by atoms with van der Waals surface area (Å²) in [4.78, 5) is 23.2. The van der Waals surface area contributed by atoms with Gasteiger partial charge in [-0.05, 0) is 74.5 Å². The number of carbonyl (C=O) groups excluding carboxylic acids is 1. The van der Waals surface area contributed by atoms with Crippen LogP contribution in [0.25, 0.3) is 12.2 Å². The second-order valence-corrected chi connectivity index (χ2v) is 21.0. The fourth-order valence-corrected chi connectivity index (χ4v) is 11.3. The van der Waals surface area contributed by atoms with E-state index in [4.69, 9.17) is 38.9 Å². The van der Waals surface area contributed by atoms with E-state index in [1.165, 1.54) is 94.6 Å². The first kappa shape index (κ1) is 56.7. The van der Waals surface area contributed by atoms with Crippen LogP contribution in [0.5, 0.6) is 0 Å². The third-order valence-corrected chi connectivity index (χ3v) is 15.4. The molecule has 0 bridgehead atoms. The summed E-state index contributed by atoms with van der Waals surface area (Å²) in [6.07, 6.45) is 14.6. The van der Waals surface area contributed by atoms with Gasteiger partial charge in [-0.15, -0.1) is 23.5 Å². The number of benzene rings is 4. The standard InChI is InChI=1S/C55H48F6N8O7S2/c1-35(77-43-25-71-51(72-26-43)9-5-3-7-39-13-11-37(23-62)19-47(39)58)54(29-68-33-64-31-66-68,45-17-15-41(56)21-49(45)60)75-53(70)76-55(30-69-34-65-32-67-69,46-18-16-42(57)22-50(46)61)36(2)78-44-27-73-52(74-28-44)10-6-4-8-40-14-12-38(24-63)20-48(40)59/h3-22,31-36,43-44,51-52H,25-30H2,1-2H3/b7-3+,8-4+,9-5+,10-6+/t35-,36-,43-,44-,51-,52-,54-,55-/m1/s1. The Bertz CT molecular complexity index is 3020. The molecule has 0 aliphatic carbocycles. The number of hydrogen-bond donors (Lipinski definition) is 0. The van der Waals surface area contributed by atoms with Gasteiger partial charge in [0.25, 0.3) is 0 Å². The number of allylic oxidation sites excluding steroid dienone is 4. The van der Waals surface area contributed by atoms with Crippen LogP contribution in [0.2, 0.25) is 0 Å². The van der Waals surface area contributed by atoms with Crippen LogP contribution in [0, 0.1) is 57.6 Å². The third-order valence-electron chi connectivity index (χ3n) is 12.5. The van der Waals surface area contributed by atoms with Crippen molar-refractivity contribution in [1.29, 1.82) is 10.5 Å². The number of halogens is 6. The summed E-state index contributed by atoms with van der Waals surface area (Å²) in [7, 11) is 0. The van der Waals surface area contributed by atoms with Gasteiger partial charge in [-0.1, -0.05) is 48.6 Å². The van der Waals surface area contributed by atoms with E-state index in [9.17, 15) is 17.6 Å². The second-order valence-electron chi connectivity index (χ2n) is 17.7. The smallest absolute Gasteiger partial charge is 0.419 e. The van der Waals surface area contributed by atoms with Crippen LogP contribution in [-0.4, -0.2) is 95.7 Å². The highest BCUT2D eigenvalue weighted by molar-refractivity contribution is 8.00. The summed E-state index contributed by atoms with van der Waals surface area (Å²) >= 11 is 2.39. The van der Waals surface area contributed by atoms with Gasteiger partial charge in [-0.25, -0.2) is 50.5 Å². The number of thioether (sulfide) groups is 2. The molecule has 8 rings (SSSR count). The minimum absolute atomic E-state index is 0.0805. The summed E-state index contributed by atoms with van der Waals surface area (Å²) in [6.45, 7) is 2.79. The summed E-state index contributed by atoms with van der Waals surface area (Å²) < 4.78 is 131. The zero-order chi connectivity index (χ0) is 55.2. The minimum Gasteiger partial charge on any atom is -0.419 e. The number of nitriles is 2. The maximum atomic E-state index is 16.5. The maximum absolute atomic E-state index is 16.5. The maximum Gasteiger partial charge on any atom is 0.510 e. The molecule has 404 valence electrons. The first-order chi connectivity index (χ1) is 37.7. The van der Waals surface area contributed by atoms with E-state index in [2.05, 4.69) is 20.2 Å². The van der Waals surface area contributed by atoms with Crippen LogP contribution in [0.3, 0.4) is 0 Å². The van der Waals surface area contributed by atoms with E-state index in [0.29, 0.717) is 12.1 Å². The molecule has 4 heterocycles. The zero-order valence-electron chi connectivity index (χ0n) is 41.6. The molecule has 2 fully saturated rings. The van der Waals surface area contributed by atoms with Crippen LogP contribution >= 0.6 is 23.5 Å². The average Bonchev–Trinajstić information content (AvgIpc) is 4.21. The Balaban J connectivity index is 1.05. The molecule has 6 aromatic rings. The molecule has 4 aromatic carbocycles. The van der Waals surface area contributed by atoms with Gasteiger partial charge in [-0.3, -0.25) is 0 Å². The molecule has 2 aliphatic heterocycles. The lowest BCUT2D eigenvalue weighted by molar-refractivity contribution is -0.146. The number of carbonyl (C=O) groups is 1. The highest BCUT2D eigenvalue weighted by atomic mass is 32.2. The molecule has 78 heavy (non-hydrogen) atoms. The molecule has 2 aromatic heterocycles. The fourth-order valence-electron chi connectivity index (χ4n) is 8.57. The first-order valence-electron chi connectivity index (χ1n) is 24.0. The lowest BCUT2D eigenvalue weighted by Crippen LogP contribution is -2.51. The number of rotatable bonds is 20. The summed E-state index contributed by atoms with van der Waals surface area (Å²) in [5.74, 6) is -5.15. The van der Waals surface area contributed by atoms with Crippen LogP contribution in [0.15, 0.2) is 135 Å². The van der Waals surface area contributed by atoms with Crippen LogP contribution in [0.4, 0.5) is 31.1 Å². The van der Waals surface area contributed by atoms with Gasteiger partial charge in [0.05, 0.1) is 73.3 Å². The monoisotopic (exact) mass is 1110 g/mol. The van der Waals surface area contributed by atoms with Crippen LogP contribution in [-0.2, 0) is 52.7 Å². The average molecular weight is 1110 g/mol. The van der Waals surface area contributed by atoms with E-state index in [1.807, 2.05) is 12.1 Å². The van der Waals surface area contributed by atoms with E-state index < -0.39 is 98.9 Å². The molecule has 2 aliphatic rings. The predicted octanol–water partition coefficient (Wildman–Crippen LogP) is 10.4. The first-order valence-corrected chi connectivity index (χ1v) is 25.9. The molecular weight excluding hydrogens is 1060 g/mol. The number of hydrogen-bond acceptors (Lipinski definition) is 15. The van der Waals surface area contributed by atoms with Crippen molar-refractivity contribution in [3.05, 3.63) is 203 Å². The quantitative estimate of drug-likeness (QED) is 0.0400. The van der Waals surface area contributed by atoms with Gasteiger partial charge in [-0.2, -0.15) is 20.7 Å². The minimum atomic E-state index is -2.12. The van der Waals surface area contributed by atoms with Gasteiger partial charge in [0.2, 0.25) is 0 Å². The molecule has 0 unspecified atom stereocenters. The highest BCUT2D eigenvalue weighted by Gasteiger charge is 2.51. The Kier molecular flexibility index (Phi) is 19.1. The molecule has 0 N–H and O–H groups in total. The molecule has 0 saturated carbocycles. The summed E-state index contributed by atoms with van der Waals surface area (Å²) in [5.41, 5.74) is -3.90. The normalized spacial score (nSPS) is 20.3. The second kappa shape index (κ2) is 26.2. The fraction of sp³-hybridized carbons (Fsp3) is 0.291. The van der Waals surface area contributed by atoms with Crippen molar-refractivity contribution in [2.24, 2.45) is 0 Å². The van der Waals surface area contributed by atoms with Crippen molar-refractivity contribution in [2.75, 3.05) is 26.4 Å². The van der Waals surface area contributed by atoms with Crippen LogP contribution in [0.1, 0.15) is 47.2 Å². The molecule has 15 nitrogen and oxygen atoms in total.